The molecular weight excluding hydrogens is 281 g/mol. The van der Waals surface area contributed by atoms with E-state index in [1.807, 2.05) is 37.3 Å². The number of rotatable bonds is 4. The molecule has 0 saturated carbocycles. The molecule has 0 aliphatic carbocycles. The summed E-state index contributed by atoms with van der Waals surface area (Å²) in [5.41, 5.74) is 6.63. The molecule has 2 atom stereocenters. The van der Waals surface area contributed by atoms with Gasteiger partial charge in [-0.05, 0) is 31.2 Å². The highest BCUT2D eigenvalue weighted by atomic mass is 35.5. The Balaban J connectivity index is 2.29. The van der Waals surface area contributed by atoms with Gasteiger partial charge in [0.05, 0.1) is 5.25 Å². The fourth-order valence-corrected chi connectivity index (χ4v) is 3.28. The van der Waals surface area contributed by atoms with Gasteiger partial charge in [0.15, 0.2) is 0 Å². The second kappa shape index (κ2) is 6.42. The number of hydrogen-bond donors (Lipinski definition) is 1. The molecule has 2 N–H and O–H groups in total. The van der Waals surface area contributed by atoms with Crippen LogP contribution in [0.3, 0.4) is 0 Å². The molecule has 2 rings (SSSR count). The van der Waals surface area contributed by atoms with E-state index < -0.39 is 0 Å². The third-order valence-electron chi connectivity index (χ3n) is 2.75. The highest BCUT2D eigenvalue weighted by molar-refractivity contribution is 7.99. The molecule has 0 aliphatic heterocycles. The van der Waals surface area contributed by atoms with Crippen molar-refractivity contribution in [3.05, 3.63) is 64.9 Å². The maximum Gasteiger partial charge on any atom is 0.127 e. The Labute approximate surface area is 122 Å². The predicted octanol–water partition coefficient (Wildman–Crippen LogP) is 4.66. The molecule has 19 heavy (non-hydrogen) atoms. The third-order valence-corrected chi connectivity index (χ3v) is 4.45. The standard InChI is InChI=1S/C15H15ClFNS/c1-10(18)15(13-7-2-3-8-14(13)17)19-12-6-4-5-11(16)9-12/h2-10,15H,18H2,1H3. The molecule has 0 fully saturated rings. The van der Waals surface area contributed by atoms with Crippen LogP contribution < -0.4 is 5.73 Å². The first-order valence-corrected chi connectivity index (χ1v) is 7.26. The molecule has 0 aliphatic rings. The van der Waals surface area contributed by atoms with E-state index in [0.29, 0.717) is 10.6 Å². The van der Waals surface area contributed by atoms with Crippen LogP contribution in [0.1, 0.15) is 17.7 Å². The Hall–Kier alpha value is -1.03. The smallest absolute Gasteiger partial charge is 0.127 e. The molecule has 2 aromatic rings. The number of nitrogens with two attached hydrogens (primary N) is 1. The summed E-state index contributed by atoms with van der Waals surface area (Å²) in [5.74, 6) is -0.223. The molecule has 2 unspecified atom stereocenters. The normalized spacial score (nSPS) is 14.1. The van der Waals surface area contributed by atoms with Crippen molar-refractivity contribution in [2.24, 2.45) is 5.73 Å². The molecule has 0 aromatic heterocycles. The molecule has 0 spiro atoms. The zero-order chi connectivity index (χ0) is 13.8. The largest absolute Gasteiger partial charge is 0.327 e. The fraction of sp³-hybridized carbons (Fsp3) is 0.200. The van der Waals surface area contributed by atoms with E-state index in [9.17, 15) is 4.39 Å². The van der Waals surface area contributed by atoms with Gasteiger partial charge in [0, 0.05) is 21.5 Å². The van der Waals surface area contributed by atoms with Crippen LogP contribution >= 0.6 is 23.4 Å². The van der Waals surface area contributed by atoms with Crippen molar-refractivity contribution in [2.45, 2.75) is 23.1 Å². The SMILES string of the molecule is CC(N)C(Sc1cccc(Cl)c1)c1ccccc1F. The summed E-state index contributed by atoms with van der Waals surface area (Å²) in [4.78, 5) is 0.984. The maximum atomic E-state index is 13.9. The van der Waals surface area contributed by atoms with E-state index in [2.05, 4.69) is 0 Å². The molecule has 0 heterocycles. The topological polar surface area (TPSA) is 26.0 Å². The van der Waals surface area contributed by atoms with Gasteiger partial charge in [-0.2, -0.15) is 0 Å². The highest BCUT2D eigenvalue weighted by Crippen LogP contribution is 2.38. The van der Waals surface area contributed by atoms with E-state index in [1.54, 1.807) is 12.1 Å². The van der Waals surface area contributed by atoms with Crippen LogP contribution in [0.15, 0.2) is 53.4 Å². The first kappa shape index (κ1) is 14.4. The lowest BCUT2D eigenvalue weighted by Gasteiger charge is -2.21. The van der Waals surface area contributed by atoms with Gasteiger partial charge in [-0.15, -0.1) is 11.8 Å². The Morgan fingerprint density at radius 3 is 2.53 bits per heavy atom. The summed E-state index contributed by atoms with van der Waals surface area (Å²) in [6.45, 7) is 1.88. The quantitative estimate of drug-likeness (QED) is 0.830. The molecule has 0 radical (unpaired) electrons. The van der Waals surface area contributed by atoms with E-state index in [-0.39, 0.29) is 17.1 Å². The lowest BCUT2D eigenvalue weighted by Crippen LogP contribution is -2.23. The molecule has 100 valence electrons. The van der Waals surface area contributed by atoms with Crippen LogP contribution in [0.5, 0.6) is 0 Å². The van der Waals surface area contributed by atoms with Crippen molar-refractivity contribution < 1.29 is 4.39 Å². The minimum atomic E-state index is -0.223. The van der Waals surface area contributed by atoms with Crippen LogP contribution in [0.2, 0.25) is 5.02 Å². The Morgan fingerprint density at radius 2 is 1.89 bits per heavy atom. The van der Waals surface area contributed by atoms with Crippen LogP contribution in [0.25, 0.3) is 0 Å². The number of thioether (sulfide) groups is 1. The predicted molar refractivity (Wildman–Crippen MR) is 80.1 cm³/mol. The average molecular weight is 296 g/mol. The fourth-order valence-electron chi connectivity index (χ4n) is 1.85. The first-order valence-electron chi connectivity index (χ1n) is 6.00. The Morgan fingerprint density at radius 1 is 1.16 bits per heavy atom. The lowest BCUT2D eigenvalue weighted by atomic mass is 10.1. The summed E-state index contributed by atoms with van der Waals surface area (Å²) in [7, 11) is 0. The zero-order valence-electron chi connectivity index (χ0n) is 10.5. The van der Waals surface area contributed by atoms with Gasteiger partial charge in [-0.25, -0.2) is 4.39 Å². The highest BCUT2D eigenvalue weighted by Gasteiger charge is 2.20. The number of hydrogen-bond acceptors (Lipinski definition) is 2. The van der Waals surface area contributed by atoms with Gasteiger partial charge in [-0.3, -0.25) is 0 Å². The van der Waals surface area contributed by atoms with Gasteiger partial charge in [0.25, 0.3) is 0 Å². The maximum absolute atomic E-state index is 13.9. The minimum absolute atomic E-state index is 0.139. The van der Waals surface area contributed by atoms with Gasteiger partial charge < -0.3 is 5.73 Å². The van der Waals surface area contributed by atoms with Crippen molar-refractivity contribution in [3.8, 4) is 0 Å². The van der Waals surface area contributed by atoms with Crippen LogP contribution in [0.4, 0.5) is 4.39 Å². The minimum Gasteiger partial charge on any atom is -0.327 e. The molecule has 2 aromatic carbocycles. The Kier molecular flexibility index (Phi) is 4.86. The van der Waals surface area contributed by atoms with Gasteiger partial charge in [-0.1, -0.05) is 35.9 Å². The van der Waals surface area contributed by atoms with Gasteiger partial charge in [0.1, 0.15) is 5.82 Å². The van der Waals surface area contributed by atoms with E-state index >= 15 is 0 Å². The summed E-state index contributed by atoms with van der Waals surface area (Å²) < 4.78 is 13.9. The molecule has 0 saturated heterocycles. The van der Waals surface area contributed by atoms with Crippen LogP contribution in [-0.2, 0) is 0 Å². The number of halogens is 2. The summed E-state index contributed by atoms with van der Waals surface area (Å²) in [5, 5.41) is 0.529. The van der Waals surface area contributed by atoms with Crippen molar-refractivity contribution in [3.63, 3.8) is 0 Å². The summed E-state index contributed by atoms with van der Waals surface area (Å²) >= 11 is 7.50. The zero-order valence-corrected chi connectivity index (χ0v) is 12.1. The monoisotopic (exact) mass is 295 g/mol. The van der Waals surface area contributed by atoms with Gasteiger partial charge >= 0.3 is 0 Å². The summed E-state index contributed by atoms with van der Waals surface area (Å²) in [6, 6.07) is 14.1. The lowest BCUT2D eigenvalue weighted by molar-refractivity contribution is 0.592. The molecule has 4 heteroatoms. The van der Waals surface area contributed by atoms with Gasteiger partial charge in [0.2, 0.25) is 0 Å². The summed E-state index contributed by atoms with van der Waals surface area (Å²) in [6.07, 6.45) is 0. The van der Waals surface area contributed by atoms with Crippen molar-refractivity contribution in [1.29, 1.82) is 0 Å². The Bertz CT molecular complexity index is 559. The van der Waals surface area contributed by atoms with Crippen molar-refractivity contribution in [2.75, 3.05) is 0 Å². The second-order valence-electron chi connectivity index (χ2n) is 4.38. The van der Waals surface area contributed by atoms with Crippen LogP contribution in [-0.4, -0.2) is 6.04 Å². The second-order valence-corrected chi connectivity index (χ2v) is 6.03. The molecule has 0 amide bonds. The molecular formula is C15H15ClFNS. The third kappa shape index (κ3) is 3.72. The van der Waals surface area contributed by atoms with Crippen molar-refractivity contribution in [1.82, 2.24) is 0 Å². The molecule has 1 nitrogen and oxygen atoms in total. The molecule has 0 bridgehead atoms. The number of benzene rings is 2. The van der Waals surface area contributed by atoms with Crippen LogP contribution in [0, 0.1) is 5.82 Å². The van der Waals surface area contributed by atoms with E-state index in [0.717, 1.165) is 4.90 Å². The average Bonchev–Trinajstić information content (AvgIpc) is 2.37. The van der Waals surface area contributed by atoms with Crippen molar-refractivity contribution >= 4 is 23.4 Å². The van der Waals surface area contributed by atoms with E-state index in [4.69, 9.17) is 17.3 Å². The first-order chi connectivity index (χ1) is 9.08. The van der Waals surface area contributed by atoms with E-state index in [1.165, 1.54) is 17.8 Å².